The molecule has 1 unspecified atom stereocenters. The molecule has 0 aliphatic heterocycles. The molecule has 0 aromatic heterocycles. The van der Waals surface area contributed by atoms with Crippen LogP contribution < -0.4 is 5.73 Å². The van der Waals surface area contributed by atoms with E-state index < -0.39 is 0 Å². The molecule has 0 spiro atoms. The first-order chi connectivity index (χ1) is 8.84. The third kappa shape index (κ3) is 5.03. The van der Waals surface area contributed by atoms with Crippen LogP contribution in [0.1, 0.15) is 39.7 Å². The highest BCUT2D eigenvalue weighted by molar-refractivity contribution is 5.76. The Morgan fingerprint density at radius 1 is 1.26 bits per heavy atom. The number of hydrogen-bond acceptors (Lipinski definition) is 2. The zero-order valence-electron chi connectivity index (χ0n) is 12.5. The minimum atomic E-state index is -0.107. The molecule has 1 amide bonds. The Hall–Kier alpha value is -1.35. The fourth-order valence-electron chi connectivity index (χ4n) is 1.80. The van der Waals surface area contributed by atoms with Crippen LogP contribution in [0.2, 0.25) is 0 Å². The van der Waals surface area contributed by atoms with Crippen LogP contribution >= 0.6 is 0 Å². The second-order valence-corrected chi connectivity index (χ2v) is 6.07. The number of carbonyl (C=O) groups is 1. The van der Waals surface area contributed by atoms with Gasteiger partial charge in [0.2, 0.25) is 5.91 Å². The van der Waals surface area contributed by atoms with Gasteiger partial charge in [-0.1, -0.05) is 51.1 Å². The first-order valence-electron chi connectivity index (χ1n) is 6.92. The van der Waals surface area contributed by atoms with Crippen LogP contribution in [0.3, 0.4) is 0 Å². The zero-order valence-corrected chi connectivity index (χ0v) is 12.5. The minimum Gasteiger partial charge on any atom is -0.339 e. The number of nitrogens with two attached hydrogens (primary N) is 1. The normalized spacial score (nSPS) is 13.1. The average molecular weight is 262 g/mol. The molecule has 19 heavy (non-hydrogen) atoms. The standard InChI is InChI=1S/C16H26N2O/c1-5-18(12-13-9-7-6-8-10-13)15(19)11-14(17)16(2,3)4/h6-10,14H,5,11-12,17H2,1-4H3. The fraction of sp³-hybridized carbons (Fsp3) is 0.562. The van der Waals surface area contributed by atoms with Gasteiger partial charge in [0.05, 0.1) is 0 Å². The van der Waals surface area contributed by atoms with Crippen molar-refractivity contribution >= 4 is 5.91 Å². The lowest BCUT2D eigenvalue weighted by Crippen LogP contribution is -2.41. The van der Waals surface area contributed by atoms with Crippen molar-refractivity contribution in [3.63, 3.8) is 0 Å². The van der Waals surface area contributed by atoms with Crippen LogP contribution in [0.15, 0.2) is 30.3 Å². The third-order valence-corrected chi connectivity index (χ3v) is 3.46. The van der Waals surface area contributed by atoms with Crippen molar-refractivity contribution in [3.05, 3.63) is 35.9 Å². The molecule has 2 N–H and O–H groups in total. The summed E-state index contributed by atoms with van der Waals surface area (Å²) < 4.78 is 0. The largest absolute Gasteiger partial charge is 0.339 e. The maximum absolute atomic E-state index is 12.3. The van der Waals surface area contributed by atoms with Gasteiger partial charge in [0.1, 0.15) is 0 Å². The molecule has 0 fully saturated rings. The molecule has 1 aromatic carbocycles. The van der Waals surface area contributed by atoms with Crippen molar-refractivity contribution in [2.45, 2.75) is 46.7 Å². The third-order valence-electron chi connectivity index (χ3n) is 3.46. The first-order valence-corrected chi connectivity index (χ1v) is 6.92. The molecule has 0 radical (unpaired) electrons. The second-order valence-electron chi connectivity index (χ2n) is 6.07. The molecule has 0 saturated carbocycles. The smallest absolute Gasteiger partial charge is 0.224 e. The van der Waals surface area contributed by atoms with Crippen LogP contribution in [0.4, 0.5) is 0 Å². The summed E-state index contributed by atoms with van der Waals surface area (Å²) in [5, 5.41) is 0. The zero-order chi connectivity index (χ0) is 14.5. The lowest BCUT2D eigenvalue weighted by atomic mass is 9.85. The van der Waals surface area contributed by atoms with Crippen LogP contribution in [0.25, 0.3) is 0 Å². The Bertz CT molecular complexity index is 395. The molecule has 0 bridgehead atoms. The van der Waals surface area contributed by atoms with Crippen molar-refractivity contribution in [1.29, 1.82) is 0 Å². The van der Waals surface area contributed by atoms with Crippen molar-refractivity contribution in [2.24, 2.45) is 11.1 Å². The number of carbonyl (C=O) groups excluding carboxylic acids is 1. The van der Waals surface area contributed by atoms with Gasteiger partial charge in [-0.2, -0.15) is 0 Å². The predicted molar refractivity (Wildman–Crippen MR) is 79.6 cm³/mol. The van der Waals surface area contributed by atoms with Gasteiger partial charge in [-0.15, -0.1) is 0 Å². The monoisotopic (exact) mass is 262 g/mol. The van der Waals surface area contributed by atoms with Crippen molar-refractivity contribution in [1.82, 2.24) is 4.90 Å². The maximum Gasteiger partial charge on any atom is 0.224 e. The molecule has 1 atom stereocenters. The first kappa shape index (κ1) is 15.7. The highest BCUT2D eigenvalue weighted by atomic mass is 16.2. The van der Waals surface area contributed by atoms with E-state index in [1.165, 1.54) is 0 Å². The molecule has 0 aliphatic carbocycles. The number of amides is 1. The van der Waals surface area contributed by atoms with Crippen LogP contribution in [0.5, 0.6) is 0 Å². The van der Waals surface area contributed by atoms with Gasteiger partial charge >= 0.3 is 0 Å². The Labute approximate surface area is 116 Å². The van der Waals surface area contributed by atoms with E-state index in [9.17, 15) is 4.79 Å². The van der Waals surface area contributed by atoms with Crippen molar-refractivity contribution in [2.75, 3.05) is 6.54 Å². The van der Waals surface area contributed by atoms with E-state index in [0.717, 1.165) is 5.56 Å². The summed E-state index contributed by atoms with van der Waals surface area (Å²) in [4.78, 5) is 14.1. The van der Waals surface area contributed by atoms with E-state index in [0.29, 0.717) is 19.5 Å². The van der Waals surface area contributed by atoms with Gasteiger partial charge in [0.15, 0.2) is 0 Å². The predicted octanol–water partition coefficient (Wildman–Crippen LogP) is 2.80. The quantitative estimate of drug-likeness (QED) is 0.887. The highest BCUT2D eigenvalue weighted by Crippen LogP contribution is 2.20. The molecule has 3 heteroatoms. The SMILES string of the molecule is CCN(Cc1ccccc1)C(=O)CC(N)C(C)(C)C. The second kappa shape index (κ2) is 6.71. The van der Waals surface area contributed by atoms with Crippen LogP contribution in [-0.4, -0.2) is 23.4 Å². The molecular formula is C16H26N2O. The lowest BCUT2D eigenvalue weighted by molar-refractivity contribution is -0.132. The lowest BCUT2D eigenvalue weighted by Gasteiger charge is -2.29. The Balaban J connectivity index is 2.63. The summed E-state index contributed by atoms with van der Waals surface area (Å²) in [6.07, 6.45) is 0.407. The Morgan fingerprint density at radius 2 is 1.84 bits per heavy atom. The molecular weight excluding hydrogens is 236 g/mol. The van der Waals surface area contributed by atoms with E-state index in [1.807, 2.05) is 42.2 Å². The van der Waals surface area contributed by atoms with Gasteiger partial charge in [0.25, 0.3) is 0 Å². The van der Waals surface area contributed by atoms with Gasteiger partial charge in [0, 0.05) is 25.6 Å². The molecule has 1 rings (SSSR count). The van der Waals surface area contributed by atoms with E-state index >= 15 is 0 Å². The van der Waals surface area contributed by atoms with Gasteiger partial charge < -0.3 is 10.6 Å². The highest BCUT2D eigenvalue weighted by Gasteiger charge is 2.25. The molecule has 106 valence electrons. The fourth-order valence-corrected chi connectivity index (χ4v) is 1.80. The molecule has 3 nitrogen and oxygen atoms in total. The average Bonchev–Trinajstić information content (AvgIpc) is 2.35. The van der Waals surface area contributed by atoms with Gasteiger partial charge in [-0.05, 0) is 17.9 Å². The van der Waals surface area contributed by atoms with Gasteiger partial charge in [-0.3, -0.25) is 4.79 Å². The summed E-state index contributed by atoms with van der Waals surface area (Å²) in [5.41, 5.74) is 7.20. The minimum absolute atomic E-state index is 0.0399. The van der Waals surface area contributed by atoms with E-state index in [-0.39, 0.29) is 17.4 Å². The Kier molecular flexibility index (Phi) is 5.55. The molecule has 0 saturated heterocycles. The summed E-state index contributed by atoms with van der Waals surface area (Å²) >= 11 is 0. The van der Waals surface area contributed by atoms with Crippen LogP contribution in [-0.2, 0) is 11.3 Å². The van der Waals surface area contributed by atoms with E-state index in [1.54, 1.807) is 0 Å². The molecule has 0 aliphatic rings. The Morgan fingerprint density at radius 3 is 2.32 bits per heavy atom. The van der Waals surface area contributed by atoms with Crippen LogP contribution in [0, 0.1) is 5.41 Å². The van der Waals surface area contributed by atoms with Gasteiger partial charge in [-0.25, -0.2) is 0 Å². The molecule has 1 aromatic rings. The number of hydrogen-bond donors (Lipinski definition) is 1. The molecule has 0 heterocycles. The summed E-state index contributed by atoms with van der Waals surface area (Å²) in [5.74, 6) is 0.133. The topological polar surface area (TPSA) is 46.3 Å². The van der Waals surface area contributed by atoms with Crippen molar-refractivity contribution in [3.8, 4) is 0 Å². The van der Waals surface area contributed by atoms with E-state index in [2.05, 4.69) is 20.8 Å². The van der Waals surface area contributed by atoms with E-state index in [4.69, 9.17) is 5.73 Å². The summed E-state index contributed by atoms with van der Waals surface area (Å²) in [7, 11) is 0. The maximum atomic E-state index is 12.3. The number of nitrogens with zero attached hydrogens (tertiary/aromatic N) is 1. The number of benzene rings is 1. The summed E-state index contributed by atoms with van der Waals surface area (Å²) in [6, 6.07) is 9.95. The van der Waals surface area contributed by atoms with Crippen molar-refractivity contribution < 1.29 is 4.79 Å². The summed E-state index contributed by atoms with van der Waals surface area (Å²) in [6.45, 7) is 9.58. The number of rotatable bonds is 5.